The van der Waals surface area contributed by atoms with Crippen LogP contribution in [0, 0.1) is 0 Å². The summed E-state index contributed by atoms with van der Waals surface area (Å²) in [5.74, 6) is -0.732. The number of aromatic nitrogens is 1. The van der Waals surface area contributed by atoms with E-state index in [0.717, 1.165) is 22.3 Å². The number of hydrogen-bond donors (Lipinski definition) is 2. The molecule has 4 nitrogen and oxygen atoms in total. The summed E-state index contributed by atoms with van der Waals surface area (Å²) in [6, 6.07) is 3.85. The third kappa shape index (κ3) is 3.54. The van der Waals surface area contributed by atoms with E-state index < -0.39 is 11.5 Å². The molecule has 1 aliphatic rings. The highest BCUT2D eigenvalue weighted by Crippen LogP contribution is 2.39. The Labute approximate surface area is 131 Å². The van der Waals surface area contributed by atoms with Crippen molar-refractivity contribution in [2.24, 2.45) is 0 Å². The second kappa shape index (κ2) is 6.91. The van der Waals surface area contributed by atoms with Crippen LogP contribution in [0.2, 0.25) is 0 Å². The maximum atomic E-state index is 11.6. The Morgan fingerprint density at radius 1 is 1.70 bits per heavy atom. The van der Waals surface area contributed by atoms with E-state index in [1.165, 1.54) is 0 Å². The Morgan fingerprint density at radius 2 is 2.50 bits per heavy atom. The van der Waals surface area contributed by atoms with Gasteiger partial charge in [0.05, 0.1) is 0 Å². The zero-order valence-electron chi connectivity index (χ0n) is 11.4. The fourth-order valence-corrected chi connectivity index (χ4v) is 4.52. The summed E-state index contributed by atoms with van der Waals surface area (Å²) in [5, 5.41) is 14.0. The Hall–Kier alpha value is -0.590. The van der Waals surface area contributed by atoms with Gasteiger partial charge in [0.15, 0.2) is 0 Å². The van der Waals surface area contributed by atoms with Gasteiger partial charge < -0.3 is 10.4 Å². The number of pyridine rings is 1. The van der Waals surface area contributed by atoms with Crippen LogP contribution in [0.15, 0.2) is 27.8 Å². The fraction of sp³-hybridized carbons (Fsp3) is 0.571. The molecule has 2 rings (SSSR count). The lowest BCUT2D eigenvalue weighted by Crippen LogP contribution is -2.55. The number of nitrogens with zero attached hydrogens (tertiary/aromatic N) is 1. The van der Waals surface area contributed by atoms with Crippen molar-refractivity contribution >= 4 is 33.7 Å². The lowest BCUT2D eigenvalue weighted by Gasteiger charge is -2.37. The second-order valence-electron chi connectivity index (χ2n) is 5.04. The van der Waals surface area contributed by atoms with Gasteiger partial charge in [-0.15, -0.1) is 11.8 Å². The summed E-state index contributed by atoms with van der Waals surface area (Å²) >= 11 is 5.17. The number of carboxylic acid groups (broad SMARTS) is 1. The SMILES string of the molecule is CCNC1(C(=O)O)CCCC(Sc2ncccc2Br)C1. The molecular formula is C14H19BrN2O2S. The summed E-state index contributed by atoms with van der Waals surface area (Å²) in [6.07, 6.45) is 5.08. The van der Waals surface area contributed by atoms with Crippen LogP contribution in [0.1, 0.15) is 32.6 Å². The van der Waals surface area contributed by atoms with Gasteiger partial charge in [-0.1, -0.05) is 6.92 Å². The van der Waals surface area contributed by atoms with Crippen molar-refractivity contribution in [3.8, 4) is 0 Å². The Bertz CT molecular complexity index is 482. The fourth-order valence-electron chi connectivity index (χ4n) is 2.71. The van der Waals surface area contributed by atoms with Crippen LogP contribution in [-0.2, 0) is 4.79 Å². The molecule has 0 aliphatic heterocycles. The third-order valence-corrected chi connectivity index (χ3v) is 5.82. The zero-order chi connectivity index (χ0) is 14.6. The van der Waals surface area contributed by atoms with Gasteiger partial charge in [-0.05, 0) is 60.3 Å². The van der Waals surface area contributed by atoms with Crippen molar-refractivity contribution in [2.45, 2.75) is 48.4 Å². The van der Waals surface area contributed by atoms with Crippen LogP contribution in [0.4, 0.5) is 0 Å². The Balaban J connectivity index is 2.10. The standard InChI is InChI=1S/C14H19BrN2O2S/c1-2-17-14(13(18)19)7-3-5-10(9-14)20-12-11(15)6-4-8-16-12/h4,6,8,10,17H,2-3,5,7,9H2,1H3,(H,18,19). The van der Waals surface area contributed by atoms with Gasteiger partial charge in [0, 0.05) is 15.9 Å². The molecule has 1 fully saturated rings. The van der Waals surface area contributed by atoms with Crippen LogP contribution >= 0.6 is 27.7 Å². The predicted octanol–water partition coefficient (Wildman–Crippen LogP) is 3.31. The number of carbonyl (C=O) groups is 1. The summed E-state index contributed by atoms with van der Waals surface area (Å²) in [4.78, 5) is 16.0. The van der Waals surface area contributed by atoms with Gasteiger partial charge in [0.2, 0.25) is 0 Å². The number of carboxylic acids is 1. The summed E-state index contributed by atoms with van der Waals surface area (Å²) in [6.45, 7) is 2.63. The first kappa shape index (κ1) is 15.8. The van der Waals surface area contributed by atoms with E-state index >= 15 is 0 Å². The molecule has 2 unspecified atom stereocenters. The number of nitrogens with one attached hydrogen (secondary N) is 1. The molecular weight excluding hydrogens is 340 g/mol. The molecule has 2 N–H and O–H groups in total. The van der Waals surface area contributed by atoms with Crippen LogP contribution in [0.25, 0.3) is 0 Å². The molecule has 1 aromatic heterocycles. The summed E-state index contributed by atoms with van der Waals surface area (Å²) in [7, 11) is 0. The van der Waals surface area contributed by atoms with Crippen molar-refractivity contribution in [1.29, 1.82) is 0 Å². The van der Waals surface area contributed by atoms with E-state index in [-0.39, 0.29) is 5.25 Å². The maximum Gasteiger partial charge on any atom is 0.323 e. The monoisotopic (exact) mass is 358 g/mol. The number of halogens is 1. The number of thioether (sulfide) groups is 1. The molecule has 0 amide bonds. The van der Waals surface area contributed by atoms with Gasteiger partial charge in [-0.3, -0.25) is 4.79 Å². The minimum atomic E-state index is -0.772. The van der Waals surface area contributed by atoms with E-state index in [4.69, 9.17) is 0 Å². The number of hydrogen-bond acceptors (Lipinski definition) is 4. The quantitative estimate of drug-likeness (QED) is 0.845. The first-order valence-corrected chi connectivity index (χ1v) is 8.50. The minimum Gasteiger partial charge on any atom is -0.480 e. The molecule has 1 heterocycles. The van der Waals surface area contributed by atoms with Crippen LogP contribution < -0.4 is 5.32 Å². The zero-order valence-corrected chi connectivity index (χ0v) is 13.8. The summed E-state index contributed by atoms with van der Waals surface area (Å²) in [5.41, 5.74) is -0.772. The average molecular weight is 359 g/mol. The molecule has 1 aliphatic carbocycles. The molecule has 0 bridgehead atoms. The number of aliphatic carboxylic acids is 1. The normalized spacial score (nSPS) is 26.4. The molecule has 0 aromatic carbocycles. The van der Waals surface area contributed by atoms with Crippen LogP contribution in [0.3, 0.4) is 0 Å². The first-order valence-electron chi connectivity index (χ1n) is 6.83. The molecule has 1 saturated carbocycles. The molecule has 20 heavy (non-hydrogen) atoms. The lowest BCUT2D eigenvalue weighted by atomic mass is 9.81. The summed E-state index contributed by atoms with van der Waals surface area (Å²) < 4.78 is 0.972. The van der Waals surface area contributed by atoms with E-state index in [1.807, 2.05) is 19.1 Å². The van der Waals surface area contributed by atoms with E-state index in [0.29, 0.717) is 19.4 Å². The first-order chi connectivity index (χ1) is 9.57. The topological polar surface area (TPSA) is 62.2 Å². The minimum absolute atomic E-state index is 0.282. The molecule has 1 aromatic rings. The lowest BCUT2D eigenvalue weighted by molar-refractivity contribution is -0.146. The highest BCUT2D eigenvalue weighted by atomic mass is 79.9. The number of rotatable bonds is 5. The van der Waals surface area contributed by atoms with Crippen molar-refractivity contribution in [2.75, 3.05) is 6.54 Å². The smallest absolute Gasteiger partial charge is 0.323 e. The van der Waals surface area contributed by atoms with E-state index in [1.54, 1.807) is 18.0 Å². The van der Waals surface area contributed by atoms with Gasteiger partial charge >= 0.3 is 5.97 Å². The third-order valence-electron chi connectivity index (χ3n) is 3.63. The Kier molecular flexibility index (Phi) is 5.46. The predicted molar refractivity (Wildman–Crippen MR) is 84.1 cm³/mol. The molecule has 0 spiro atoms. The maximum absolute atomic E-state index is 11.6. The van der Waals surface area contributed by atoms with Crippen molar-refractivity contribution in [3.63, 3.8) is 0 Å². The molecule has 0 saturated heterocycles. The molecule has 6 heteroatoms. The van der Waals surface area contributed by atoms with Gasteiger partial charge in [-0.25, -0.2) is 4.98 Å². The van der Waals surface area contributed by atoms with E-state index in [9.17, 15) is 9.90 Å². The van der Waals surface area contributed by atoms with Gasteiger partial charge in [0.25, 0.3) is 0 Å². The van der Waals surface area contributed by atoms with Crippen LogP contribution in [-0.4, -0.2) is 33.4 Å². The number of likely N-dealkylation sites (N-methyl/N-ethyl adjacent to an activating group) is 1. The van der Waals surface area contributed by atoms with Gasteiger partial charge in [0.1, 0.15) is 10.6 Å². The van der Waals surface area contributed by atoms with Crippen LogP contribution in [0.5, 0.6) is 0 Å². The largest absolute Gasteiger partial charge is 0.480 e. The van der Waals surface area contributed by atoms with Crippen molar-refractivity contribution in [1.82, 2.24) is 10.3 Å². The highest BCUT2D eigenvalue weighted by Gasteiger charge is 2.42. The molecule has 2 atom stereocenters. The Morgan fingerprint density at radius 3 is 3.15 bits per heavy atom. The van der Waals surface area contributed by atoms with E-state index in [2.05, 4.69) is 26.2 Å². The highest BCUT2D eigenvalue weighted by molar-refractivity contribution is 9.10. The second-order valence-corrected chi connectivity index (χ2v) is 7.19. The van der Waals surface area contributed by atoms with Crippen molar-refractivity contribution < 1.29 is 9.90 Å². The average Bonchev–Trinajstić information content (AvgIpc) is 2.42. The molecule has 110 valence electrons. The van der Waals surface area contributed by atoms with Gasteiger partial charge in [-0.2, -0.15) is 0 Å². The molecule has 0 radical (unpaired) electrons. The van der Waals surface area contributed by atoms with Crippen molar-refractivity contribution in [3.05, 3.63) is 22.8 Å².